The fourth-order valence-electron chi connectivity index (χ4n) is 3.36. The van der Waals surface area contributed by atoms with Crippen molar-refractivity contribution >= 4 is 40.2 Å². The summed E-state index contributed by atoms with van der Waals surface area (Å²) in [5, 5.41) is 9.04. The van der Waals surface area contributed by atoms with E-state index in [2.05, 4.69) is 22.1 Å². The molecule has 1 aliphatic rings. The molecule has 4 rings (SSSR count). The van der Waals surface area contributed by atoms with Crippen molar-refractivity contribution in [2.24, 2.45) is 0 Å². The number of carbonyl (C=O) groups is 2. The average Bonchev–Trinajstić information content (AvgIpc) is 3.43. The van der Waals surface area contributed by atoms with Gasteiger partial charge in [0.1, 0.15) is 6.54 Å². The smallest absolute Gasteiger partial charge is 0.265 e. The van der Waals surface area contributed by atoms with E-state index in [0.717, 1.165) is 32.7 Å². The van der Waals surface area contributed by atoms with E-state index < -0.39 is 0 Å². The Bertz CT molecular complexity index is 913. The number of anilines is 1. The van der Waals surface area contributed by atoms with Crippen LogP contribution in [0.25, 0.3) is 0 Å². The molecule has 0 radical (unpaired) electrons. The van der Waals surface area contributed by atoms with Crippen molar-refractivity contribution in [1.82, 2.24) is 4.90 Å². The van der Waals surface area contributed by atoms with Crippen LogP contribution >= 0.6 is 22.7 Å². The second-order valence-corrected chi connectivity index (χ2v) is 8.59. The molecule has 0 atom stereocenters. The standard InChI is InChI=1S/C21H21N3O2S2/c25-20(19-2-1-12-28-19)22-18-5-3-17(4-6-18)21(26)24-10-8-23(9-11-24)14-16-7-13-27-15-16/h1-7,12-13,15H,8-11,14H2,(H,22,25)/p+1. The van der Waals surface area contributed by atoms with Crippen LogP contribution in [0, 0.1) is 0 Å². The van der Waals surface area contributed by atoms with Gasteiger partial charge >= 0.3 is 0 Å². The number of carbonyl (C=O) groups excluding carboxylic acids is 2. The highest BCUT2D eigenvalue weighted by Crippen LogP contribution is 2.15. The van der Waals surface area contributed by atoms with E-state index in [9.17, 15) is 9.59 Å². The van der Waals surface area contributed by atoms with Gasteiger partial charge < -0.3 is 15.1 Å². The first-order valence-corrected chi connectivity index (χ1v) is 11.1. The molecule has 1 saturated heterocycles. The zero-order valence-corrected chi connectivity index (χ0v) is 17.0. The fourth-order valence-corrected chi connectivity index (χ4v) is 4.65. The molecule has 2 aromatic heterocycles. The Hall–Kier alpha value is -2.48. The lowest BCUT2D eigenvalue weighted by Gasteiger charge is -2.32. The number of piperazine rings is 1. The maximum absolute atomic E-state index is 12.8. The zero-order chi connectivity index (χ0) is 19.3. The molecular weight excluding hydrogens is 390 g/mol. The second-order valence-electron chi connectivity index (χ2n) is 6.86. The van der Waals surface area contributed by atoms with Crippen LogP contribution in [0.2, 0.25) is 0 Å². The van der Waals surface area contributed by atoms with Gasteiger partial charge in [0.25, 0.3) is 11.8 Å². The van der Waals surface area contributed by atoms with Crippen molar-refractivity contribution < 1.29 is 14.5 Å². The summed E-state index contributed by atoms with van der Waals surface area (Å²) in [6, 6.07) is 13.0. The van der Waals surface area contributed by atoms with Crippen molar-refractivity contribution in [3.8, 4) is 0 Å². The highest BCUT2D eigenvalue weighted by molar-refractivity contribution is 7.12. The second kappa shape index (κ2) is 8.68. The summed E-state index contributed by atoms with van der Waals surface area (Å²) in [5.74, 6) is -0.0653. The van der Waals surface area contributed by atoms with Crippen LogP contribution in [0.5, 0.6) is 0 Å². The van der Waals surface area contributed by atoms with Crippen LogP contribution in [0.15, 0.2) is 58.6 Å². The Labute approximate surface area is 172 Å². The molecule has 3 aromatic rings. The molecule has 0 saturated carbocycles. The van der Waals surface area contributed by atoms with Crippen LogP contribution < -0.4 is 10.2 Å². The molecule has 0 aliphatic carbocycles. The molecule has 28 heavy (non-hydrogen) atoms. The van der Waals surface area contributed by atoms with Gasteiger partial charge in [0, 0.05) is 16.8 Å². The Balaban J connectivity index is 1.30. The van der Waals surface area contributed by atoms with Gasteiger partial charge in [-0.05, 0) is 52.5 Å². The molecule has 0 bridgehead atoms. The quantitative estimate of drug-likeness (QED) is 0.677. The minimum absolute atomic E-state index is 0.0608. The Kier molecular flexibility index (Phi) is 5.85. The highest BCUT2D eigenvalue weighted by Gasteiger charge is 2.24. The lowest BCUT2D eigenvalue weighted by molar-refractivity contribution is -0.917. The predicted molar refractivity (Wildman–Crippen MR) is 113 cm³/mol. The van der Waals surface area contributed by atoms with Gasteiger partial charge in [-0.3, -0.25) is 9.59 Å². The maximum atomic E-state index is 12.8. The van der Waals surface area contributed by atoms with Crippen molar-refractivity contribution in [3.05, 3.63) is 74.6 Å². The Morgan fingerprint density at radius 2 is 1.82 bits per heavy atom. The summed E-state index contributed by atoms with van der Waals surface area (Å²) in [6.45, 7) is 4.52. The fraction of sp³-hybridized carbons (Fsp3) is 0.238. The van der Waals surface area contributed by atoms with Gasteiger partial charge in [0.05, 0.1) is 31.1 Å². The predicted octanol–water partition coefficient (Wildman–Crippen LogP) is 2.60. The summed E-state index contributed by atoms with van der Waals surface area (Å²) >= 11 is 3.14. The number of hydrogen-bond donors (Lipinski definition) is 2. The normalized spacial score (nSPS) is 14.8. The molecule has 144 valence electrons. The van der Waals surface area contributed by atoms with E-state index in [1.165, 1.54) is 21.8 Å². The highest BCUT2D eigenvalue weighted by atomic mass is 32.1. The summed E-state index contributed by atoms with van der Waals surface area (Å²) in [7, 11) is 0. The van der Waals surface area contributed by atoms with E-state index in [4.69, 9.17) is 0 Å². The SMILES string of the molecule is O=C(Nc1ccc(C(=O)N2CC[NH+](Cc3ccsc3)CC2)cc1)c1cccs1. The molecule has 1 fully saturated rings. The summed E-state index contributed by atoms with van der Waals surface area (Å²) in [4.78, 5) is 29.0. The average molecular weight is 413 g/mol. The van der Waals surface area contributed by atoms with Gasteiger partial charge in [-0.1, -0.05) is 6.07 Å². The minimum atomic E-state index is -0.126. The number of amides is 2. The molecule has 2 N–H and O–H groups in total. The Morgan fingerprint density at radius 3 is 2.46 bits per heavy atom. The van der Waals surface area contributed by atoms with E-state index in [1.54, 1.807) is 41.7 Å². The molecule has 0 spiro atoms. The maximum Gasteiger partial charge on any atom is 0.265 e. The van der Waals surface area contributed by atoms with Gasteiger partial charge in [-0.2, -0.15) is 11.3 Å². The molecule has 7 heteroatoms. The molecule has 1 aliphatic heterocycles. The lowest BCUT2D eigenvalue weighted by atomic mass is 10.1. The van der Waals surface area contributed by atoms with Gasteiger partial charge in [-0.15, -0.1) is 11.3 Å². The first kappa shape index (κ1) is 18.9. The van der Waals surface area contributed by atoms with Crippen molar-refractivity contribution in [2.75, 3.05) is 31.5 Å². The molecule has 0 unspecified atom stereocenters. The van der Waals surface area contributed by atoms with E-state index >= 15 is 0 Å². The van der Waals surface area contributed by atoms with Crippen LogP contribution in [0.1, 0.15) is 25.6 Å². The first-order valence-electron chi connectivity index (χ1n) is 9.28. The van der Waals surface area contributed by atoms with Gasteiger partial charge in [0.2, 0.25) is 0 Å². The van der Waals surface area contributed by atoms with E-state index in [0.29, 0.717) is 16.1 Å². The van der Waals surface area contributed by atoms with Gasteiger partial charge in [-0.25, -0.2) is 0 Å². The largest absolute Gasteiger partial charge is 0.328 e. The van der Waals surface area contributed by atoms with E-state index in [1.807, 2.05) is 16.3 Å². The number of benzene rings is 1. The molecule has 2 amide bonds. The Morgan fingerprint density at radius 1 is 1.04 bits per heavy atom. The number of rotatable bonds is 5. The van der Waals surface area contributed by atoms with Crippen LogP contribution in [-0.2, 0) is 6.54 Å². The molecule has 3 heterocycles. The first-order chi connectivity index (χ1) is 13.7. The van der Waals surface area contributed by atoms with Crippen molar-refractivity contribution in [3.63, 3.8) is 0 Å². The van der Waals surface area contributed by atoms with Crippen molar-refractivity contribution in [2.45, 2.75) is 6.54 Å². The third kappa shape index (κ3) is 4.49. The van der Waals surface area contributed by atoms with E-state index in [-0.39, 0.29) is 11.8 Å². The number of quaternary nitrogens is 1. The summed E-state index contributed by atoms with van der Waals surface area (Å²) in [6.07, 6.45) is 0. The topological polar surface area (TPSA) is 53.9 Å². The van der Waals surface area contributed by atoms with Gasteiger partial charge in [0.15, 0.2) is 0 Å². The third-order valence-electron chi connectivity index (χ3n) is 4.93. The lowest BCUT2D eigenvalue weighted by Crippen LogP contribution is -3.13. The molecule has 1 aromatic carbocycles. The van der Waals surface area contributed by atoms with Crippen LogP contribution in [0.3, 0.4) is 0 Å². The van der Waals surface area contributed by atoms with Crippen LogP contribution in [0.4, 0.5) is 5.69 Å². The third-order valence-corrected chi connectivity index (χ3v) is 6.53. The number of nitrogens with zero attached hydrogens (tertiary/aromatic N) is 1. The molecular formula is C21H22N3O2S2+. The minimum Gasteiger partial charge on any atom is -0.328 e. The molecule has 5 nitrogen and oxygen atoms in total. The van der Waals surface area contributed by atoms with Crippen molar-refractivity contribution in [1.29, 1.82) is 0 Å². The number of thiophene rings is 2. The zero-order valence-electron chi connectivity index (χ0n) is 15.4. The van der Waals surface area contributed by atoms with Crippen LogP contribution in [-0.4, -0.2) is 42.9 Å². The number of hydrogen-bond acceptors (Lipinski definition) is 4. The summed E-state index contributed by atoms with van der Waals surface area (Å²) in [5.41, 5.74) is 2.73. The monoisotopic (exact) mass is 412 g/mol. The summed E-state index contributed by atoms with van der Waals surface area (Å²) < 4.78 is 0. The number of nitrogens with one attached hydrogen (secondary N) is 2.